The van der Waals surface area contributed by atoms with Crippen molar-refractivity contribution >= 4 is 21.4 Å². The van der Waals surface area contributed by atoms with Crippen LogP contribution in [0, 0.1) is 12.8 Å². The molecule has 0 saturated heterocycles. The average Bonchev–Trinajstić information content (AvgIpc) is 2.95. The molecule has 1 nitrogen and oxygen atoms in total. The second-order valence-electron chi connectivity index (χ2n) is 5.99. The van der Waals surface area contributed by atoms with Crippen LogP contribution in [0.5, 0.6) is 0 Å². The van der Waals surface area contributed by atoms with Crippen LogP contribution < -0.4 is 5.32 Å². The minimum absolute atomic E-state index is 0.475. The molecule has 1 aliphatic carbocycles. The molecule has 0 aliphatic heterocycles. The molecule has 1 aliphatic rings. The molecule has 3 atom stereocenters. The Morgan fingerprint density at radius 2 is 2.05 bits per heavy atom. The normalized spacial score (nSPS) is 25.0. The smallest absolute Gasteiger partial charge is 0.0391 e. The van der Waals surface area contributed by atoms with E-state index in [0.29, 0.717) is 12.1 Å². The summed E-state index contributed by atoms with van der Waals surface area (Å²) in [5.74, 6) is 0.831. The molecular weight excluding hydrogens is 250 g/mol. The van der Waals surface area contributed by atoms with E-state index in [9.17, 15) is 0 Å². The van der Waals surface area contributed by atoms with Crippen LogP contribution in [0.15, 0.2) is 24.3 Å². The van der Waals surface area contributed by atoms with Crippen molar-refractivity contribution in [1.29, 1.82) is 0 Å². The molecule has 3 unspecified atom stereocenters. The van der Waals surface area contributed by atoms with Gasteiger partial charge in [0.1, 0.15) is 0 Å². The number of benzene rings is 1. The first-order valence-corrected chi connectivity index (χ1v) is 8.22. The highest BCUT2D eigenvalue weighted by Gasteiger charge is 2.25. The van der Waals surface area contributed by atoms with Gasteiger partial charge in [-0.05, 0) is 49.6 Å². The van der Waals surface area contributed by atoms with E-state index in [1.807, 2.05) is 11.3 Å². The van der Waals surface area contributed by atoms with Gasteiger partial charge >= 0.3 is 0 Å². The number of fused-ring (bicyclic) bond motifs is 1. The highest BCUT2D eigenvalue weighted by Crippen LogP contribution is 2.36. The molecular formula is C17H23NS. The van der Waals surface area contributed by atoms with Gasteiger partial charge in [0.2, 0.25) is 0 Å². The zero-order valence-corrected chi connectivity index (χ0v) is 12.9. The largest absolute Gasteiger partial charge is 0.306 e. The number of thiophene rings is 1. The standard InChI is InChI=1S/C17H23NS/c1-11-7-6-9-15(11)18-13(3)17-12(2)14-8-4-5-10-16(14)19-17/h4-5,8,10-11,13,15,18H,6-7,9H2,1-3H3. The summed E-state index contributed by atoms with van der Waals surface area (Å²) in [5.41, 5.74) is 1.46. The van der Waals surface area contributed by atoms with E-state index in [-0.39, 0.29) is 0 Å². The Kier molecular flexibility index (Phi) is 3.64. The lowest BCUT2D eigenvalue weighted by Crippen LogP contribution is -2.33. The van der Waals surface area contributed by atoms with Crippen LogP contribution in [0.25, 0.3) is 10.1 Å². The molecule has 0 bridgehead atoms. The first-order chi connectivity index (χ1) is 9.16. The van der Waals surface area contributed by atoms with E-state index in [1.165, 1.54) is 39.8 Å². The molecule has 19 heavy (non-hydrogen) atoms. The van der Waals surface area contributed by atoms with Crippen LogP contribution in [0.3, 0.4) is 0 Å². The third-order valence-corrected chi connectivity index (χ3v) is 6.05. The number of hydrogen-bond acceptors (Lipinski definition) is 2. The Morgan fingerprint density at radius 3 is 2.74 bits per heavy atom. The minimum Gasteiger partial charge on any atom is -0.306 e. The predicted octanol–water partition coefficient (Wildman–Crippen LogP) is 5.05. The van der Waals surface area contributed by atoms with Crippen LogP contribution in [0.1, 0.15) is 49.6 Å². The van der Waals surface area contributed by atoms with Gasteiger partial charge in [0, 0.05) is 21.7 Å². The molecule has 1 aromatic carbocycles. The molecule has 3 rings (SSSR count). The highest BCUT2D eigenvalue weighted by molar-refractivity contribution is 7.19. The Labute approximate surface area is 120 Å². The van der Waals surface area contributed by atoms with Gasteiger partial charge in [-0.3, -0.25) is 0 Å². The van der Waals surface area contributed by atoms with Gasteiger partial charge in [0.25, 0.3) is 0 Å². The molecule has 1 aromatic heterocycles. The van der Waals surface area contributed by atoms with Gasteiger partial charge in [0.15, 0.2) is 0 Å². The van der Waals surface area contributed by atoms with E-state index >= 15 is 0 Å². The van der Waals surface area contributed by atoms with E-state index in [2.05, 4.69) is 50.4 Å². The molecule has 1 saturated carbocycles. The Bertz CT molecular complexity index is 572. The number of aryl methyl sites for hydroxylation is 1. The number of nitrogens with one attached hydrogen (secondary N) is 1. The number of rotatable bonds is 3. The number of hydrogen-bond donors (Lipinski definition) is 1. The molecule has 1 fully saturated rings. The summed E-state index contributed by atoms with van der Waals surface area (Å²) in [7, 11) is 0. The van der Waals surface area contributed by atoms with E-state index < -0.39 is 0 Å². The fourth-order valence-electron chi connectivity index (χ4n) is 3.40. The highest BCUT2D eigenvalue weighted by atomic mass is 32.1. The molecule has 0 amide bonds. The maximum Gasteiger partial charge on any atom is 0.0391 e. The van der Waals surface area contributed by atoms with Crippen molar-refractivity contribution in [1.82, 2.24) is 5.32 Å². The van der Waals surface area contributed by atoms with E-state index in [0.717, 1.165) is 5.92 Å². The van der Waals surface area contributed by atoms with E-state index in [1.54, 1.807) is 0 Å². The van der Waals surface area contributed by atoms with Crippen LogP contribution in [0.2, 0.25) is 0 Å². The second-order valence-corrected chi connectivity index (χ2v) is 7.07. The van der Waals surface area contributed by atoms with Crippen LogP contribution in [-0.4, -0.2) is 6.04 Å². The summed E-state index contributed by atoms with van der Waals surface area (Å²) >= 11 is 1.95. The van der Waals surface area contributed by atoms with Gasteiger partial charge in [0.05, 0.1) is 0 Å². The minimum atomic E-state index is 0.475. The summed E-state index contributed by atoms with van der Waals surface area (Å²) in [6.07, 6.45) is 4.11. The summed E-state index contributed by atoms with van der Waals surface area (Å²) in [5, 5.41) is 5.28. The molecule has 0 radical (unpaired) electrons. The molecule has 2 aromatic rings. The lowest BCUT2D eigenvalue weighted by atomic mass is 10.0. The topological polar surface area (TPSA) is 12.0 Å². The summed E-state index contributed by atoms with van der Waals surface area (Å²) in [6, 6.07) is 9.95. The zero-order chi connectivity index (χ0) is 13.4. The lowest BCUT2D eigenvalue weighted by molar-refractivity contribution is 0.390. The van der Waals surface area contributed by atoms with Crippen LogP contribution >= 0.6 is 11.3 Å². The first-order valence-electron chi connectivity index (χ1n) is 7.41. The Hall–Kier alpha value is -0.860. The Balaban J connectivity index is 1.85. The SMILES string of the molecule is Cc1c(C(C)NC2CCCC2C)sc2ccccc12. The summed E-state index contributed by atoms with van der Waals surface area (Å²) in [6.45, 7) is 6.97. The predicted molar refractivity (Wildman–Crippen MR) is 84.9 cm³/mol. The summed E-state index contributed by atoms with van der Waals surface area (Å²) < 4.78 is 1.42. The fraction of sp³-hybridized carbons (Fsp3) is 0.529. The van der Waals surface area contributed by atoms with Crippen molar-refractivity contribution in [2.45, 2.75) is 52.1 Å². The van der Waals surface area contributed by atoms with Gasteiger partial charge in [-0.1, -0.05) is 31.5 Å². The van der Waals surface area contributed by atoms with Crippen molar-refractivity contribution < 1.29 is 0 Å². The Morgan fingerprint density at radius 1 is 1.26 bits per heavy atom. The molecule has 102 valence electrons. The van der Waals surface area contributed by atoms with Gasteiger partial charge < -0.3 is 5.32 Å². The third-order valence-electron chi connectivity index (χ3n) is 4.60. The van der Waals surface area contributed by atoms with Crippen molar-refractivity contribution in [3.63, 3.8) is 0 Å². The van der Waals surface area contributed by atoms with Gasteiger partial charge in [-0.15, -0.1) is 11.3 Å². The second kappa shape index (κ2) is 5.26. The van der Waals surface area contributed by atoms with Gasteiger partial charge in [-0.25, -0.2) is 0 Å². The van der Waals surface area contributed by atoms with Crippen LogP contribution in [-0.2, 0) is 0 Å². The third kappa shape index (κ3) is 2.44. The summed E-state index contributed by atoms with van der Waals surface area (Å²) in [4.78, 5) is 1.51. The maximum atomic E-state index is 3.86. The van der Waals surface area contributed by atoms with Crippen molar-refractivity contribution in [3.8, 4) is 0 Å². The monoisotopic (exact) mass is 273 g/mol. The molecule has 1 N–H and O–H groups in total. The quantitative estimate of drug-likeness (QED) is 0.825. The molecule has 1 heterocycles. The average molecular weight is 273 g/mol. The van der Waals surface area contributed by atoms with Crippen molar-refractivity contribution in [2.75, 3.05) is 0 Å². The van der Waals surface area contributed by atoms with Gasteiger partial charge in [-0.2, -0.15) is 0 Å². The van der Waals surface area contributed by atoms with Crippen molar-refractivity contribution in [2.24, 2.45) is 5.92 Å². The lowest BCUT2D eigenvalue weighted by Gasteiger charge is -2.22. The fourth-order valence-corrected chi connectivity index (χ4v) is 4.62. The van der Waals surface area contributed by atoms with Crippen molar-refractivity contribution in [3.05, 3.63) is 34.7 Å². The zero-order valence-electron chi connectivity index (χ0n) is 12.1. The van der Waals surface area contributed by atoms with Crippen LogP contribution in [0.4, 0.5) is 0 Å². The first kappa shape index (κ1) is 13.1. The maximum absolute atomic E-state index is 3.86. The molecule has 2 heteroatoms. The van der Waals surface area contributed by atoms with E-state index in [4.69, 9.17) is 0 Å². The molecule has 0 spiro atoms.